The van der Waals surface area contributed by atoms with Gasteiger partial charge in [0, 0.05) is 17.2 Å². The second-order valence-electron chi connectivity index (χ2n) is 11.0. The van der Waals surface area contributed by atoms with Crippen LogP contribution in [-0.2, 0) is 5.92 Å². The number of fused-ring (bicyclic) bond motifs is 1. The molecule has 1 saturated carbocycles. The molecule has 40 heavy (non-hydrogen) atoms. The third-order valence-electron chi connectivity index (χ3n) is 7.79. The molecule has 0 unspecified atom stereocenters. The Morgan fingerprint density at radius 1 is 1.10 bits per heavy atom. The van der Waals surface area contributed by atoms with Crippen LogP contribution in [-0.4, -0.2) is 63.9 Å². The van der Waals surface area contributed by atoms with Crippen LogP contribution in [0.5, 0.6) is 11.9 Å². The highest BCUT2D eigenvalue weighted by Gasteiger charge is 2.35. The van der Waals surface area contributed by atoms with Crippen LogP contribution < -0.4 is 14.8 Å². The molecule has 3 heterocycles. The molecule has 3 aromatic rings. The van der Waals surface area contributed by atoms with Crippen LogP contribution in [0, 0.1) is 5.82 Å². The molecule has 1 aromatic carbocycles. The van der Waals surface area contributed by atoms with E-state index in [1.54, 1.807) is 14.0 Å². The highest BCUT2D eigenvalue weighted by molar-refractivity contribution is 5.88. The van der Waals surface area contributed by atoms with E-state index in [1.165, 1.54) is 12.1 Å². The predicted molar refractivity (Wildman–Crippen MR) is 146 cm³/mol. The number of halogens is 3. The summed E-state index contributed by atoms with van der Waals surface area (Å²) in [6, 6.07) is 5.60. The molecule has 1 aliphatic heterocycles. The van der Waals surface area contributed by atoms with Gasteiger partial charge in [0.05, 0.1) is 24.1 Å². The van der Waals surface area contributed by atoms with Crippen molar-refractivity contribution in [2.24, 2.45) is 0 Å². The zero-order valence-corrected chi connectivity index (χ0v) is 23.3. The first-order valence-corrected chi connectivity index (χ1v) is 13.8. The van der Waals surface area contributed by atoms with E-state index in [2.05, 4.69) is 34.0 Å². The van der Waals surface area contributed by atoms with Crippen LogP contribution in [0.3, 0.4) is 0 Å². The van der Waals surface area contributed by atoms with E-state index >= 15 is 4.39 Å². The SMILES string of the molecule is COc1nc2nc(OC3CC3)nc(N[C@H](C)c3cccc(C(F)(F)CO)c3F)c2cc1C1CCN(C(C)C)CC1. The maximum atomic E-state index is 15.3. The number of hydrogen-bond acceptors (Lipinski definition) is 8. The Morgan fingerprint density at radius 3 is 2.45 bits per heavy atom. The molecule has 2 aliphatic rings. The molecule has 2 aromatic heterocycles. The van der Waals surface area contributed by atoms with Crippen molar-refractivity contribution in [1.82, 2.24) is 19.9 Å². The number of methoxy groups -OCH3 is 1. The molecule has 11 heteroatoms. The van der Waals surface area contributed by atoms with Gasteiger partial charge in [-0.25, -0.2) is 4.39 Å². The average molecular weight is 560 g/mol. The standard InChI is InChI=1S/C29H36F3N5O3/c1-16(2)37-12-10-18(11-13-37)21-14-22-25(35-28(40-19-8-9-19)36-26(22)34-27(21)39-4)33-17(3)20-6-5-7-23(24(20)30)29(31,32)15-38/h5-7,14,16-19,38H,8-13,15H2,1-4H3,(H,33,34,35,36)/t17-/m1/s1. The van der Waals surface area contributed by atoms with Crippen LogP contribution in [0.25, 0.3) is 11.0 Å². The minimum Gasteiger partial charge on any atom is -0.481 e. The Bertz CT molecular complexity index is 1360. The van der Waals surface area contributed by atoms with E-state index in [4.69, 9.17) is 19.6 Å². The summed E-state index contributed by atoms with van der Waals surface area (Å²) in [6.45, 7) is 6.49. The lowest BCUT2D eigenvalue weighted by Gasteiger charge is -2.35. The Labute approximate surface area is 231 Å². The predicted octanol–water partition coefficient (Wildman–Crippen LogP) is 5.56. The van der Waals surface area contributed by atoms with Crippen molar-refractivity contribution in [2.45, 2.75) is 76.5 Å². The number of ether oxygens (including phenoxy) is 2. The highest BCUT2D eigenvalue weighted by atomic mass is 19.3. The minimum atomic E-state index is -3.70. The van der Waals surface area contributed by atoms with Gasteiger partial charge in [0.2, 0.25) is 5.88 Å². The fourth-order valence-electron chi connectivity index (χ4n) is 5.25. The molecular weight excluding hydrogens is 523 g/mol. The van der Waals surface area contributed by atoms with Gasteiger partial charge in [0.1, 0.15) is 24.3 Å². The van der Waals surface area contributed by atoms with Crippen LogP contribution in [0.4, 0.5) is 19.0 Å². The molecule has 0 amide bonds. The molecule has 0 bridgehead atoms. The number of hydrogen-bond donors (Lipinski definition) is 2. The van der Waals surface area contributed by atoms with Crippen molar-refractivity contribution >= 4 is 16.9 Å². The van der Waals surface area contributed by atoms with Gasteiger partial charge in [-0.15, -0.1) is 0 Å². The first kappa shape index (κ1) is 28.4. The molecule has 1 atom stereocenters. The normalized spacial score (nSPS) is 17.8. The molecule has 5 rings (SSSR count). The van der Waals surface area contributed by atoms with Crippen LogP contribution in [0.1, 0.15) is 75.1 Å². The number of alkyl halides is 2. The number of benzene rings is 1. The van der Waals surface area contributed by atoms with Crippen molar-refractivity contribution in [2.75, 3.05) is 32.1 Å². The number of nitrogens with one attached hydrogen (secondary N) is 1. The van der Waals surface area contributed by atoms with Crippen molar-refractivity contribution < 1.29 is 27.8 Å². The largest absolute Gasteiger partial charge is 0.481 e. The quantitative estimate of drug-likeness (QED) is 0.334. The topological polar surface area (TPSA) is 92.6 Å². The van der Waals surface area contributed by atoms with Gasteiger partial charge in [0.25, 0.3) is 5.92 Å². The Morgan fingerprint density at radius 2 is 1.82 bits per heavy atom. The Kier molecular flexibility index (Phi) is 8.05. The van der Waals surface area contributed by atoms with Crippen molar-refractivity contribution in [3.63, 3.8) is 0 Å². The van der Waals surface area contributed by atoms with Crippen LogP contribution >= 0.6 is 0 Å². The summed E-state index contributed by atoms with van der Waals surface area (Å²) in [6.07, 6.45) is 3.73. The van der Waals surface area contributed by atoms with Gasteiger partial charge in [-0.3, -0.25) is 0 Å². The number of nitrogens with zero attached hydrogens (tertiary/aromatic N) is 4. The zero-order chi connectivity index (χ0) is 28.6. The van der Waals surface area contributed by atoms with Gasteiger partial charge in [0.15, 0.2) is 5.65 Å². The third-order valence-corrected chi connectivity index (χ3v) is 7.79. The number of anilines is 1. The summed E-state index contributed by atoms with van der Waals surface area (Å²) in [5.41, 5.74) is 0.476. The minimum absolute atomic E-state index is 0.0183. The first-order chi connectivity index (χ1) is 19.1. The summed E-state index contributed by atoms with van der Waals surface area (Å²) in [5, 5.41) is 12.9. The molecule has 0 radical (unpaired) electrons. The summed E-state index contributed by atoms with van der Waals surface area (Å²) in [7, 11) is 1.59. The Hall–Kier alpha value is -3.18. The van der Waals surface area contributed by atoms with Gasteiger partial charge in [-0.1, -0.05) is 12.1 Å². The lowest BCUT2D eigenvalue weighted by Crippen LogP contribution is -2.37. The maximum absolute atomic E-state index is 15.3. The number of piperidine rings is 1. The number of pyridine rings is 1. The van der Waals surface area contributed by atoms with E-state index in [0.717, 1.165) is 50.4 Å². The second kappa shape index (κ2) is 11.4. The van der Waals surface area contributed by atoms with Crippen molar-refractivity contribution in [3.05, 3.63) is 46.8 Å². The molecular formula is C29H36F3N5O3. The van der Waals surface area contributed by atoms with Crippen LogP contribution in [0.2, 0.25) is 0 Å². The summed E-state index contributed by atoms with van der Waals surface area (Å²) in [4.78, 5) is 16.3. The molecule has 2 N–H and O–H groups in total. The average Bonchev–Trinajstić information content (AvgIpc) is 3.76. The zero-order valence-electron chi connectivity index (χ0n) is 23.3. The van der Waals surface area contributed by atoms with Gasteiger partial charge in [-0.2, -0.15) is 23.7 Å². The lowest BCUT2D eigenvalue weighted by atomic mass is 9.89. The fraction of sp³-hybridized carbons (Fsp3) is 0.552. The van der Waals surface area contributed by atoms with Crippen molar-refractivity contribution in [3.8, 4) is 11.9 Å². The number of aliphatic hydroxyl groups excluding tert-OH is 1. The number of aromatic nitrogens is 3. The van der Waals surface area contributed by atoms with Crippen LogP contribution in [0.15, 0.2) is 24.3 Å². The molecule has 8 nitrogen and oxygen atoms in total. The highest BCUT2D eigenvalue weighted by Crippen LogP contribution is 2.39. The van der Waals surface area contributed by atoms with Gasteiger partial charge in [-0.05, 0) is 77.6 Å². The maximum Gasteiger partial charge on any atom is 0.320 e. The summed E-state index contributed by atoms with van der Waals surface area (Å²) in [5.74, 6) is -3.69. The number of likely N-dealkylation sites (tertiary alicyclic amines) is 1. The van der Waals surface area contributed by atoms with Gasteiger partial charge < -0.3 is 24.8 Å². The lowest BCUT2D eigenvalue weighted by molar-refractivity contribution is -0.0583. The number of aliphatic hydroxyl groups is 1. The molecule has 0 spiro atoms. The third kappa shape index (κ3) is 5.81. The number of rotatable bonds is 10. The smallest absolute Gasteiger partial charge is 0.320 e. The van der Waals surface area contributed by atoms with E-state index in [-0.39, 0.29) is 23.6 Å². The summed E-state index contributed by atoms with van der Waals surface area (Å²) >= 11 is 0. The van der Waals surface area contributed by atoms with E-state index in [1.807, 2.05) is 6.07 Å². The van der Waals surface area contributed by atoms with Gasteiger partial charge >= 0.3 is 6.01 Å². The van der Waals surface area contributed by atoms with E-state index < -0.39 is 30.0 Å². The molecule has 1 saturated heterocycles. The first-order valence-electron chi connectivity index (χ1n) is 13.8. The molecule has 2 fully saturated rings. The molecule has 216 valence electrons. The monoisotopic (exact) mass is 559 g/mol. The second-order valence-corrected chi connectivity index (χ2v) is 11.0. The fourth-order valence-corrected chi connectivity index (χ4v) is 5.25. The van der Waals surface area contributed by atoms with Crippen molar-refractivity contribution in [1.29, 1.82) is 0 Å². The molecule has 1 aliphatic carbocycles. The summed E-state index contributed by atoms with van der Waals surface area (Å²) < 4.78 is 55.2. The Balaban J connectivity index is 1.53. The van der Waals surface area contributed by atoms with E-state index in [0.29, 0.717) is 28.8 Å². The van der Waals surface area contributed by atoms with E-state index in [9.17, 15) is 8.78 Å².